The number of aromatic nitrogens is 2. The third-order valence-corrected chi connectivity index (χ3v) is 4.14. The third-order valence-electron chi connectivity index (χ3n) is 3.30. The molecule has 2 aromatic carbocycles. The molecule has 0 aliphatic heterocycles. The van der Waals surface area contributed by atoms with Crippen LogP contribution in [0, 0.1) is 18.6 Å². The van der Waals surface area contributed by atoms with Crippen molar-refractivity contribution >= 4 is 38.6 Å². The molecule has 108 valence electrons. The molecule has 3 aromatic rings. The molecule has 0 radical (unpaired) electrons. The number of alkyl halides is 1. The molecule has 0 aliphatic carbocycles. The van der Waals surface area contributed by atoms with E-state index in [9.17, 15) is 8.78 Å². The number of imidazole rings is 1. The van der Waals surface area contributed by atoms with Gasteiger partial charge in [0.2, 0.25) is 0 Å². The van der Waals surface area contributed by atoms with Crippen LogP contribution >= 0.6 is 27.5 Å². The van der Waals surface area contributed by atoms with Gasteiger partial charge in [0.25, 0.3) is 0 Å². The van der Waals surface area contributed by atoms with E-state index >= 15 is 0 Å². The van der Waals surface area contributed by atoms with Gasteiger partial charge in [-0.15, -0.1) is 11.6 Å². The van der Waals surface area contributed by atoms with Gasteiger partial charge in [0.1, 0.15) is 17.5 Å². The highest BCUT2D eigenvalue weighted by atomic mass is 79.9. The molecule has 0 N–H and O–H groups in total. The fourth-order valence-electron chi connectivity index (χ4n) is 2.37. The number of para-hydroxylation sites is 1. The largest absolute Gasteiger partial charge is 0.292 e. The summed E-state index contributed by atoms with van der Waals surface area (Å²) in [7, 11) is 0. The predicted molar refractivity (Wildman–Crippen MR) is 83.0 cm³/mol. The van der Waals surface area contributed by atoms with Crippen LogP contribution in [0.2, 0.25) is 0 Å². The smallest absolute Gasteiger partial charge is 0.147 e. The van der Waals surface area contributed by atoms with Crippen LogP contribution < -0.4 is 0 Å². The third kappa shape index (κ3) is 2.34. The van der Waals surface area contributed by atoms with Crippen molar-refractivity contribution in [3.8, 4) is 5.69 Å². The topological polar surface area (TPSA) is 17.8 Å². The average molecular weight is 372 g/mol. The molecule has 2 nitrogen and oxygen atoms in total. The summed E-state index contributed by atoms with van der Waals surface area (Å²) in [6.07, 6.45) is 0. The lowest BCUT2D eigenvalue weighted by atomic mass is 10.2. The van der Waals surface area contributed by atoms with Crippen molar-refractivity contribution in [1.29, 1.82) is 0 Å². The lowest BCUT2D eigenvalue weighted by Gasteiger charge is -2.12. The molecule has 21 heavy (non-hydrogen) atoms. The second kappa shape index (κ2) is 5.39. The highest BCUT2D eigenvalue weighted by Crippen LogP contribution is 2.29. The SMILES string of the molecule is Cc1cccc(F)c1-n1c(CCl)nc2cc(Br)c(F)cc21. The predicted octanol–water partition coefficient (Wildman–Crippen LogP) is 5.11. The molecule has 0 aliphatic rings. The quantitative estimate of drug-likeness (QED) is 0.572. The summed E-state index contributed by atoms with van der Waals surface area (Å²) < 4.78 is 30.0. The van der Waals surface area contributed by atoms with E-state index in [2.05, 4.69) is 20.9 Å². The summed E-state index contributed by atoms with van der Waals surface area (Å²) in [5, 5.41) is 0. The molecule has 0 bridgehead atoms. The molecule has 6 heteroatoms. The summed E-state index contributed by atoms with van der Waals surface area (Å²) in [4.78, 5) is 4.36. The minimum atomic E-state index is -0.432. The van der Waals surface area contributed by atoms with E-state index in [0.717, 1.165) is 5.56 Å². The number of fused-ring (bicyclic) bond motifs is 1. The molecule has 1 heterocycles. The van der Waals surface area contributed by atoms with Crippen molar-refractivity contribution in [1.82, 2.24) is 9.55 Å². The van der Waals surface area contributed by atoms with Crippen LogP contribution in [0.5, 0.6) is 0 Å². The number of benzene rings is 2. The summed E-state index contributed by atoms with van der Waals surface area (Å²) in [5.74, 6) is -0.262. The van der Waals surface area contributed by atoms with Crippen molar-refractivity contribution in [3.63, 3.8) is 0 Å². The highest BCUT2D eigenvalue weighted by Gasteiger charge is 2.18. The van der Waals surface area contributed by atoms with E-state index in [1.165, 1.54) is 12.1 Å². The number of nitrogens with zero attached hydrogens (tertiary/aromatic N) is 2. The van der Waals surface area contributed by atoms with Gasteiger partial charge in [0, 0.05) is 6.07 Å². The van der Waals surface area contributed by atoms with Gasteiger partial charge in [-0.3, -0.25) is 4.57 Å². The summed E-state index contributed by atoms with van der Waals surface area (Å²) >= 11 is 9.05. The van der Waals surface area contributed by atoms with Gasteiger partial charge in [-0.05, 0) is 40.5 Å². The van der Waals surface area contributed by atoms with Crippen LogP contribution in [0.1, 0.15) is 11.4 Å². The van der Waals surface area contributed by atoms with E-state index in [-0.39, 0.29) is 5.88 Å². The van der Waals surface area contributed by atoms with Crippen LogP contribution in [0.15, 0.2) is 34.8 Å². The molecule has 1 aromatic heterocycles. The van der Waals surface area contributed by atoms with Gasteiger partial charge in [-0.2, -0.15) is 0 Å². The zero-order valence-corrected chi connectivity index (χ0v) is 13.3. The Kier molecular flexibility index (Phi) is 3.71. The lowest BCUT2D eigenvalue weighted by molar-refractivity contribution is 0.614. The molecule has 0 saturated heterocycles. The van der Waals surface area contributed by atoms with Crippen LogP contribution in [0.3, 0.4) is 0 Å². The Labute approximate surface area is 133 Å². The zero-order valence-electron chi connectivity index (χ0n) is 11.0. The maximum Gasteiger partial charge on any atom is 0.147 e. The summed E-state index contributed by atoms with van der Waals surface area (Å²) in [6, 6.07) is 7.67. The maximum absolute atomic E-state index is 14.2. The molecule has 0 fully saturated rings. The van der Waals surface area contributed by atoms with Crippen molar-refractivity contribution < 1.29 is 8.78 Å². The zero-order chi connectivity index (χ0) is 15.1. The van der Waals surface area contributed by atoms with E-state index in [4.69, 9.17) is 11.6 Å². The normalized spacial score (nSPS) is 11.3. The van der Waals surface area contributed by atoms with Gasteiger partial charge in [0.15, 0.2) is 0 Å². The number of hydrogen-bond acceptors (Lipinski definition) is 1. The number of aryl methyl sites for hydroxylation is 1. The first-order valence-corrected chi connectivity index (χ1v) is 7.53. The molecule has 0 saturated carbocycles. The van der Waals surface area contributed by atoms with Gasteiger partial charge in [0.05, 0.1) is 27.1 Å². The summed E-state index contributed by atoms with van der Waals surface area (Å²) in [5.41, 5.74) is 2.11. The number of rotatable bonds is 2. The molecule has 0 atom stereocenters. The van der Waals surface area contributed by atoms with Crippen molar-refractivity contribution in [3.05, 3.63) is 57.8 Å². The highest BCUT2D eigenvalue weighted by molar-refractivity contribution is 9.10. The fraction of sp³-hybridized carbons (Fsp3) is 0.133. The molecule has 0 amide bonds. The van der Waals surface area contributed by atoms with Gasteiger partial charge in [-0.1, -0.05) is 12.1 Å². The van der Waals surface area contributed by atoms with Crippen molar-refractivity contribution in [2.75, 3.05) is 0 Å². The molecular formula is C15H10BrClF2N2. The van der Waals surface area contributed by atoms with E-state index < -0.39 is 11.6 Å². The van der Waals surface area contributed by atoms with Crippen LogP contribution in [-0.2, 0) is 5.88 Å². The Morgan fingerprint density at radius 2 is 2.00 bits per heavy atom. The Hall–Kier alpha value is -1.46. The Bertz CT molecular complexity index is 825. The van der Waals surface area contributed by atoms with Gasteiger partial charge >= 0.3 is 0 Å². The maximum atomic E-state index is 14.2. The molecular weight excluding hydrogens is 362 g/mol. The Morgan fingerprint density at radius 1 is 1.24 bits per heavy atom. The van der Waals surface area contributed by atoms with Crippen LogP contribution in [-0.4, -0.2) is 9.55 Å². The molecule has 3 rings (SSSR count). The number of halogens is 4. The lowest BCUT2D eigenvalue weighted by Crippen LogP contribution is -2.04. The fourth-order valence-corrected chi connectivity index (χ4v) is 2.88. The first-order chi connectivity index (χ1) is 10.0. The second-order valence-corrected chi connectivity index (χ2v) is 5.78. The second-order valence-electron chi connectivity index (χ2n) is 4.66. The first-order valence-electron chi connectivity index (χ1n) is 6.20. The van der Waals surface area contributed by atoms with Crippen molar-refractivity contribution in [2.24, 2.45) is 0 Å². The van der Waals surface area contributed by atoms with Gasteiger partial charge < -0.3 is 0 Å². The Balaban J connectivity index is 2.43. The van der Waals surface area contributed by atoms with E-state index in [0.29, 0.717) is 27.0 Å². The van der Waals surface area contributed by atoms with E-state index in [1.807, 2.05) is 0 Å². The van der Waals surface area contributed by atoms with E-state index in [1.54, 1.807) is 29.7 Å². The first kappa shape index (κ1) is 14.5. The summed E-state index contributed by atoms with van der Waals surface area (Å²) in [6.45, 7) is 1.79. The van der Waals surface area contributed by atoms with Crippen LogP contribution in [0.4, 0.5) is 8.78 Å². The minimum absolute atomic E-state index is 0.0989. The minimum Gasteiger partial charge on any atom is -0.292 e. The van der Waals surface area contributed by atoms with Gasteiger partial charge in [-0.25, -0.2) is 13.8 Å². The monoisotopic (exact) mass is 370 g/mol. The molecule has 0 unspecified atom stereocenters. The Morgan fingerprint density at radius 3 is 2.67 bits per heavy atom. The molecule has 0 spiro atoms. The standard InChI is InChI=1S/C15H10BrClF2N2/c1-8-3-2-4-10(18)15(8)21-13-6-11(19)9(16)5-12(13)20-14(21)7-17/h2-6H,7H2,1H3. The van der Waals surface area contributed by atoms with Crippen LogP contribution in [0.25, 0.3) is 16.7 Å². The average Bonchev–Trinajstić information content (AvgIpc) is 2.77. The number of hydrogen-bond donors (Lipinski definition) is 0. The van der Waals surface area contributed by atoms with Crippen molar-refractivity contribution in [2.45, 2.75) is 12.8 Å².